The van der Waals surface area contributed by atoms with Crippen LogP contribution in [0.3, 0.4) is 0 Å². The molecule has 1 aromatic heterocycles. The van der Waals surface area contributed by atoms with Gasteiger partial charge in [-0.3, -0.25) is 4.90 Å². The Bertz CT molecular complexity index is 2720. The minimum absolute atomic E-state index is 0.000101. The highest BCUT2D eigenvalue weighted by Crippen LogP contribution is 2.50. The van der Waals surface area contributed by atoms with Crippen LogP contribution in [0.4, 0.5) is 8.78 Å². The fraction of sp³-hybridized carbons (Fsp3) is 0.212. The topological polar surface area (TPSA) is 37.5 Å². The van der Waals surface area contributed by atoms with Gasteiger partial charge in [-0.2, -0.15) is 0 Å². The lowest BCUT2D eigenvalue weighted by atomic mass is 8.26. The Morgan fingerprint density at radius 2 is 1.00 bits per heavy atom. The molecule has 2 unspecified atom stereocenters. The van der Waals surface area contributed by atoms with E-state index in [2.05, 4.69) is 22.0 Å². The summed E-state index contributed by atoms with van der Waals surface area (Å²) in [5.74, 6) is 0.901. The minimum atomic E-state index is -1.27. The van der Waals surface area contributed by atoms with Gasteiger partial charge in [-0.05, 0) is 77.1 Å². The maximum absolute atomic E-state index is 15.2. The lowest BCUT2D eigenvalue weighted by molar-refractivity contribution is 0.127. The molecule has 4 nitrogen and oxygen atoms in total. The van der Waals surface area contributed by atoms with Gasteiger partial charge in [0.05, 0.1) is 13.2 Å². The number of H-pyrrole nitrogens is 1. The van der Waals surface area contributed by atoms with Gasteiger partial charge in [-0.15, -0.1) is 0 Å². The van der Waals surface area contributed by atoms with E-state index in [-0.39, 0.29) is 23.7 Å². The van der Waals surface area contributed by atoms with E-state index in [9.17, 15) is 4.39 Å². The first-order valence-corrected chi connectivity index (χ1v) is 27.9. The number of aromatic nitrogens is 1. The molecule has 331 valence electrons. The molecule has 0 bridgehead atoms. The van der Waals surface area contributed by atoms with Crippen LogP contribution in [0.25, 0.3) is 10.9 Å². The summed E-state index contributed by atoms with van der Waals surface area (Å²) in [4.78, 5) is 5.98. The van der Waals surface area contributed by atoms with Crippen LogP contribution >= 0.6 is 0 Å². The number of benzene rings is 4. The Morgan fingerprint density at radius 3 is 1.44 bits per heavy atom. The quantitative estimate of drug-likeness (QED) is 0.0561. The molecule has 2 atom stereocenters. The van der Waals surface area contributed by atoms with E-state index in [1.807, 2.05) is 48.5 Å². The molecular formula is C33H28B45F2N2O2. The molecule has 0 spiro atoms. The van der Waals surface area contributed by atoms with E-state index in [1.54, 1.807) is 13.2 Å². The third kappa shape index (κ3) is 16.4. The molecule has 4 aromatic carbocycles. The second kappa shape index (κ2) is 32.2. The Hall–Kier alpha value is -1.24. The smallest absolute Gasteiger partial charge is 0.162 e. The molecule has 47 radical (unpaired) electrons. The van der Waals surface area contributed by atoms with Crippen molar-refractivity contribution in [2.45, 2.75) is 31.5 Å². The summed E-state index contributed by atoms with van der Waals surface area (Å²) in [6, 6.07) is 25.9. The second-order valence-electron chi connectivity index (χ2n) is 22.6. The van der Waals surface area contributed by atoms with Crippen LogP contribution in [0.1, 0.15) is 45.6 Å². The molecule has 0 amide bonds. The molecule has 3 heterocycles. The zero-order valence-corrected chi connectivity index (χ0v) is 47.6. The van der Waals surface area contributed by atoms with Gasteiger partial charge in [0.1, 0.15) is 18.2 Å². The molecular weight excluding hydrogens is 981 g/mol. The first kappa shape index (κ1) is 71.8. The number of ether oxygens (including phenoxy) is 2. The van der Waals surface area contributed by atoms with Gasteiger partial charge in [0.2, 0.25) is 0 Å². The molecule has 7 rings (SSSR count). The number of rotatable bonds is 26. The number of hydrogen-bond acceptors (Lipinski definition) is 3. The highest BCUT2D eigenvalue weighted by Gasteiger charge is 2.59. The van der Waals surface area contributed by atoms with Crippen molar-refractivity contribution in [1.29, 1.82) is 0 Å². The van der Waals surface area contributed by atoms with Gasteiger partial charge in [0, 0.05) is 348 Å². The molecule has 1 N–H and O–H groups in total. The zero-order chi connectivity index (χ0) is 62.3. The average molecular weight is 1010 g/mol. The van der Waals surface area contributed by atoms with Crippen LogP contribution in [0, 0.1) is 11.6 Å². The Morgan fingerprint density at radius 1 is 0.536 bits per heavy atom. The van der Waals surface area contributed by atoms with Gasteiger partial charge in [0.25, 0.3) is 0 Å². The zero-order valence-electron chi connectivity index (χ0n) is 47.6. The summed E-state index contributed by atoms with van der Waals surface area (Å²) in [7, 11) is 149. The lowest BCUT2D eigenvalue weighted by Gasteiger charge is -2.56. The van der Waals surface area contributed by atoms with Gasteiger partial charge < -0.3 is 14.5 Å². The van der Waals surface area contributed by atoms with E-state index in [1.165, 1.54) is 30.8 Å². The van der Waals surface area contributed by atoms with Crippen molar-refractivity contribution < 1.29 is 18.3 Å². The molecule has 0 fully saturated rings. The first-order valence-electron chi connectivity index (χ1n) is 27.9. The predicted molar refractivity (Wildman–Crippen MR) is 406 cm³/mol. The van der Waals surface area contributed by atoms with Crippen molar-refractivity contribution in [2.24, 2.45) is 0 Å². The van der Waals surface area contributed by atoms with Crippen LogP contribution < -0.4 is 9.47 Å². The maximum Gasteiger partial charge on any atom is 0.162 e. The summed E-state index contributed by atoms with van der Waals surface area (Å²) in [5.41, 5.74) is 7.17. The average Bonchev–Trinajstić information content (AvgIpc) is 1.40. The van der Waals surface area contributed by atoms with Crippen molar-refractivity contribution >= 4 is 330 Å². The maximum atomic E-state index is 15.2. The van der Waals surface area contributed by atoms with E-state index >= 15 is 4.39 Å². The number of nitrogens with one attached hydrogen (secondary N) is 1. The summed E-state index contributed by atoms with van der Waals surface area (Å²) >= 11 is 0. The van der Waals surface area contributed by atoms with E-state index in [0.717, 1.165) is 46.4 Å². The number of methoxy groups -OCH3 is 1. The molecule has 2 aliphatic heterocycles. The van der Waals surface area contributed by atoms with Gasteiger partial charge in [0.15, 0.2) is 11.5 Å². The number of fused-ring (bicyclic) bond motifs is 6. The fourth-order valence-corrected chi connectivity index (χ4v) is 13.8. The van der Waals surface area contributed by atoms with Crippen LogP contribution in [-0.2, 0) is 19.4 Å². The van der Waals surface area contributed by atoms with Crippen LogP contribution in [0.15, 0.2) is 84.9 Å². The van der Waals surface area contributed by atoms with Crippen molar-refractivity contribution in [3.05, 3.63) is 130 Å². The van der Waals surface area contributed by atoms with Crippen LogP contribution in [-0.4, -0.2) is 343 Å². The van der Waals surface area contributed by atoms with E-state index in [4.69, 9.17) is 187 Å². The van der Waals surface area contributed by atoms with Gasteiger partial charge in [-0.1, -0.05) is 48.5 Å². The predicted octanol–water partition coefficient (Wildman–Crippen LogP) is -9.86. The fourth-order valence-electron chi connectivity index (χ4n) is 13.8. The van der Waals surface area contributed by atoms with Crippen molar-refractivity contribution in [3.8, 4) is 11.5 Å². The molecule has 0 saturated heterocycles. The van der Waals surface area contributed by atoms with Crippen molar-refractivity contribution in [2.75, 3.05) is 13.7 Å². The minimum Gasteiger partial charge on any atom is -0.493 e. The number of halogens is 2. The summed E-state index contributed by atoms with van der Waals surface area (Å²) in [6.45, 7) is 1.24. The van der Waals surface area contributed by atoms with E-state index in [0.29, 0.717) is 29.9 Å². The number of nitrogens with zero attached hydrogens (tertiary/aromatic N) is 1. The molecule has 2 aliphatic rings. The summed E-state index contributed by atoms with van der Waals surface area (Å²) < 4.78 is 41.1. The summed E-state index contributed by atoms with van der Waals surface area (Å²) in [6.07, 6.45) is -23.4. The van der Waals surface area contributed by atoms with Crippen molar-refractivity contribution in [1.82, 2.24) is 9.88 Å². The van der Waals surface area contributed by atoms with Crippen LogP contribution in [0.5, 0.6) is 11.5 Å². The SMILES string of the molecule is COc1cc2c(cc1OCc1ccccc1)C1Cc3c([nH]c4cccc(F)c34)C(c3ccc(F)cc3)N1CC2.[B][B]B(B([B])[B])B(B(B([B])[B])B([B])[B])B(B(B(B([B])[B])B([B])[B])B(B([B])[B])B([B])[B])B(B(B([B])[B])B([B])[B])B(B([B])[B])B([B])[B]. The highest BCUT2D eigenvalue weighted by atomic mass is 19.1. The second-order valence-corrected chi connectivity index (χ2v) is 22.6. The molecule has 0 saturated carbocycles. The van der Waals surface area contributed by atoms with Crippen molar-refractivity contribution in [3.63, 3.8) is 0 Å². The molecule has 0 aliphatic carbocycles. The third-order valence-electron chi connectivity index (χ3n) is 17.3. The Kier molecular flexibility index (Phi) is 27.5. The Labute approximate surface area is 540 Å². The standard InChI is InChI=1S/C33H28F2N2O2.B45/c1-38-29-16-22-14-15-37-28(24(22)18-30(29)39-19-20-6-3-2-4-7-20)17-25-31-26(35)8-5-9-27(31)36-32(25)33(37)21-10-12-23(34)13-11-21;1-24-36(25(2)3)42(37(26(4)5)27(6)7)45(43(38(28(8)9)29(10)11)39(30(12)13)31(14)15)44(40(32(16)17)33(18)19)41(34(20)21)35(22)23/h2-13,16,18,28,33,36H,14-15,17,19H2,1H3;. The van der Waals surface area contributed by atoms with Gasteiger partial charge >= 0.3 is 0 Å². The first-order chi connectivity index (χ1) is 39.6. The number of aromatic amines is 1. The molecule has 51 heteroatoms. The largest absolute Gasteiger partial charge is 0.493 e. The highest BCUT2D eigenvalue weighted by molar-refractivity contribution is 8.34. The Balaban J connectivity index is 0.000000271. The normalized spacial score (nSPS) is 13.7. The van der Waals surface area contributed by atoms with Gasteiger partial charge in [-0.25, -0.2) is 8.78 Å². The lowest BCUT2D eigenvalue weighted by Crippen LogP contribution is -2.94. The van der Waals surface area contributed by atoms with Crippen LogP contribution in [0.2, 0.25) is 0 Å². The molecule has 84 heavy (non-hydrogen) atoms. The molecule has 5 aromatic rings. The summed E-state index contributed by atoms with van der Waals surface area (Å²) in [5, 5.41) is 0.639. The number of hydrogen-bond donors (Lipinski definition) is 1. The van der Waals surface area contributed by atoms with E-state index < -0.39 is 134 Å². The monoisotopic (exact) mass is 1020 g/mol. The third-order valence-corrected chi connectivity index (χ3v) is 17.3.